The molecule has 0 aromatic carbocycles. The predicted molar refractivity (Wildman–Crippen MR) is 36.6 cm³/mol. The number of rotatable bonds is 0. The Kier molecular flexibility index (Phi) is 1.17. The lowest BCUT2D eigenvalue weighted by Crippen LogP contribution is -2.34. The lowest BCUT2D eigenvalue weighted by atomic mass is 9.96. The van der Waals surface area contributed by atoms with Gasteiger partial charge in [-0.3, -0.25) is 4.79 Å². The van der Waals surface area contributed by atoms with Crippen LogP contribution in [-0.4, -0.2) is 18.0 Å². The highest BCUT2D eigenvalue weighted by molar-refractivity contribution is 5.83. The summed E-state index contributed by atoms with van der Waals surface area (Å²) in [5.41, 5.74) is 0. The van der Waals surface area contributed by atoms with Crippen LogP contribution in [0.25, 0.3) is 0 Å². The van der Waals surface area contributed by atoms with Crippen molar-refractivity contribution in [3.05, 3.63) is 12.2 Å². The zero-order chi connectivity index (χ0) is 7.14. The van der Waals surface area contributed by atoms with Gasteiger partial charge in [-0.1, -0.05) is 19.1 Å². The smallest absolute Gasteiger partial charge is 0.141 e. The molecule has 2 aliphatic rings. The Morgan fingerprint density at radius 1 is 1.60 bits per heavy atom. The third-order valence-corrected chi connectivity index (χ3v) is 2.25. The highest BCUT2D eigenvalue weighted by Gasteiger charge is 2.35. The average Bonchev–Trinajstić information content (AvgIpc) is 2.29. The van der Waals surface area contributed by atoms with Gasteiger partial charge < -0.3 is 4.74 Å². The normalized spacial score (nSPS) is 44.5. The average molecular weight is 138 g/mol. The molecule has 2 aliphatic heterocycles. The second-order valence-electron chi connectivity index (χ2n) is 2.98. The maximum absolute atomic E-state index is 11.1. The molecule has 54 valence electrons. The van der Waals surface area contributed by atoms with Gasteiger partial charge in [-0.05, 0) is 0 Å². The molecule has 0 unspecified atom stereocenters. The Morgan fingerprint density at radius 2 is 2.40 bits per heavy atom. The van der Waals surface area contributed by atoms with Crippen LogP contribution in [0.4, 0.5) is 0 Å². The Bertz CT molecular complexity index is 195. The van der Waals surface area contributed by atoms with E-state index < -0.39 is 0 Å². The zero-order valence-electron chi connectivity index (χ0n) is 5.91. The SMILES string of the molecule is C[C@H]1C(=O)C[C@@H]2C=C[C@H]1O2. The van der Waals surface area contributed by atoms with Crippen molar-refractivity contribution in [2.45, 2.75) is 25.6 Å². The first-order valence-electron chi connectivity index (χ1n) is 3.64. The molecule has 0 saturated carbocycles. The van der Waals surface area contributed by atoms with E-state index in [0.29, 0.717) is 12.2 Å². The van der Waals surface area contributed by atoms with Gasteiger partial charge in [-0.25, -0.2) is 0 Å². The molecule has 1 saturated heterocycles. The summed E-state index contributed by atoms with van der Waals surface area (Å²) < 4.78 is 5.45. The minimum Gasteiger partial charge on any atom is -0.366 e. The quantitative estimate of drug-likeness (QED) is 0.465. The Hall–Kier alpha value is -0.630. The molecule has 0 aromatic rings. The number of ketones is 1. The maximum atomic E-state index is 11.1. The first-order chi connectivity index (χ1) is 4.77. The lowest BCUT2D eigenvalue weighted by molar-refractivity contribution is -0.135. The molecule has 2 heteroatoms. The largest absolute Gasteiger partial charge is 0.366 e. The summed E-state index contributed by atoms with van der Waals surface area (Å²) in [6, 6.07) is 0. The molecule has 10 heavy (non-hydrogen) atoms. The summed E-state index contributed by atoms with van der Waals surface area (Å²) in [7, 11) is 0. The molecule has 0 amide bonds. The molecule has 0 aromatic heterocycles. The third-order valence-electron chi connectivity index (χ3n) is 2.25. The first-order valence-corrected chi connectivity index (χ1v) is 3.64. The molecule has 0 aliphatic carbocycles. The summed E-state index contributed by atoms with van der Waals surface area (Å²) in [4.78, 5) is 11.1. The standard InChI is InChI=1S/C8H10O2/c1-5-7(9)4-6-2-3-8(5)10-6/h2-3,5-6,8H,4H2,1H3/t5-,6-,8+/m0/s1. The maximum Gasteiger partial charge on any atom is 0.141 e. The van der Waals surface area contributed by atoms with Crippen molar-refractivity contribution >= 4 is 5.78 Å². The fraction of sp³-hybridized carbons (Fsp3) is 0.625. The van der Waals surface area contributed by atoms with Crippen molar-refractivity contribution in [2.75, 3.05) is 0 Å². The Labute approximate surface area is 59.9 Å². The Morgan fingerprint density at radius 3 is 3.20 bits per heavy atom. The number of hydrogen-bond donors (Lipinski definition) is 0. The van der Waals surface area contributed by atoms with Gasteiger partial charge in [0.1, 0.15) is 5.78 Å². The zero-order valence-corrected chi connectivity index (χ0v) is 5.91. The molecule has 2 bridgehead atoms. The molecule has 2 nitrogen and oxygen atoms in total. The number of fused-ring (bicyclic) bond motifs is 2. The van der Waals surface area contributed by atoms with Gasteiger partial charge in [0.2, 0.25) is 0 Å². The van der Waals surface area contributed by atoms with Crippen LogP contribution < -0.4 is 0 Å². The second-order valence-corrected chi connectivity index (χ2v) is 2.98. The summed E-state index contributed by atoms with van der Waals surface area (Å²) in [6.07, 6.45) is 4.74. The fourth-order valence-electron chi connectivity index (χ4n) is 1.49. The van der Waals surface area contributed by atoms with Crippen LogP contribution in [0.15, 0.2) is 12.2 Å². The van der Waals surface area contributed by atoms with Crippen molar-refractivity contribution in [3.63, 3.8) is 0 Å². The Balaban J connectivity index is 2.23. The van der Waals surface area contributed by atoms with Crippen molar-refractivity contribution < 1.29 is 9.53 Å². The van der Waals surface area contributed by atoms with E-state index in [1.165, 1.54) is 0 Å². The van der Waals surface area contributed by atoms with Gasteiger partial charge in [0.05, 0.1) is 12.2 Å². The van der Waals surface area contributed by atoms with Gasteiger partial charge >= 0.3 is 0 Å². The van der Waals surface area contributed by atoms with Gasteiger partial charge in [0.15, 0.2) is 0 Å². The molecular weight excluding hydrogens is 128 g/mol. The van der Waals surface area contributed by atoms with Gasteiger partial charge in [0, 0.05) is 12.3 Å². The van der Waals surface area contributed by atoms with Crippen molar-refractivity contribution in [1.29, 1.82) is 0 Å². The highest BCUT2D eigenvalue weighted by atomic mass is 16.5. The number of carbonyl (C=O) groups is 1. The topological polar surface area (TPSA) is 26.3 Å². The number of hydrogen-bond acceptors (Lipinski definition) is 2. The predicted octanol–water partition coefficient (Wildman–Crippen LogP) is 0.919. The summed E-state index contributed by atoms with van der Waals surface area (Å²) in [5, 5.41) is 0. The monoisotopic (exact) mass is 138 g/mol. The number of Topliss-reactive ketones (excluding diaryl/α,β-unsaturated/α-hetero) is 1. The third kappa shape index (κ3) is 0.721. The van der Waals surface area contributed by atoms with E-state index in [4.69, 9.17) is 4.74 Å². The van der Waals surface area contributed by atoms with Crippen LogP contribution in [0, 0.1) is 5.92 Å². The molecule has 2 heterocycles. The van der Waals surface area contributed by atoms with E-state index in [1.807, 2.05) is 19.1 Å². The van der Waals surface area contributed by atoms with Gasteiger partial charge in [0.25, 0.3) is 0 Å². The van der Waals surface area contributed by atoms with Crippen LogP contribution in [0.2, 0.25) is 0 Å². The van der Waals surface area contributed by atoms with E-state index in [0.717, 1.165) is 0 Å². The highest BCUT2D eigenvalue weighted by Crippen LogP contribution is 2.28. The number of ether oxygens (including phenoxy) is 1. The van der Waals surface area contributed by atoms with E-state index in [2.05, 4.69) is 0 Å². The summed E-state index contributed by atoms with van der Waals surface area (Å²) in [5.74, 6) is 0.418. The second kappa shape index (κ2) is 1.92. The van der Waals surface area contributed by atoms with Crippen molar-refractivity contribution in [3.8, 4) is 0 Å². The molecule has 1 fully saturated rings. The van der Waals surface area contributed by atoms with Gasteiger partial charge in [-0.2, -0.15) is 0 Å². The molecule has 2 rings (SSSR count). The molecule has 0 radical (unpaired) electrons. The lowest BCUT2D eigenvalue weighted by Gasteiger charge is -2.24. The van der Waals surface area contributed by atoms with Crippen LogP contribution in [0.5, 0.6) is 0 Å². The molecule has 0 spiro atoms. The first kappa shape index (κ1) is 6.10. The molecular formula is C8H10O2. The minimum absolute atomic E-state index is 0.0752. The van der Waals surface area contributed by atoms with Crippen LogP contribution in [0.1, 0.15) is 13.3 Å². The van der Waals surface area contributed by atoms with E-state index in [-0.39, 0.29) is 18.1 Å². The molecule has 3 atom stereocenters. The van der Waals surface area contributed by atoms with Crippen molar-refractivity contribution in [2.24, 2.45) is 5.92 Å². The fourth-order valence-corrected chi connectivity index (χ4v) is 1.49. The van der Waals surface area contributed by atoms with Crippen LogP contribution in [-0.2, 0) is 9.53 Å². The van der Waals surface area contributed by atoms with Crippen molar-refractivity contribution in [1.82, 2.24) is 0 Å². The number of carbonyl (C=O) groups excluding carboxylic acids is 1. The van der Waals surface area contributed by atoms with E-state index in [1.54, 1.807) is 0 Å². The summed E-state index contributed by atoms with van der Waals surface area (Å²) in [6.45, 7) is 1.93. The molecule has 0 N–H and O–H groups in total. The van der Waals surface area contributed by atoms with E-state index in [9.17, 15) is 4.79 Å². The van der Waals surface area contributed by atoms with Gasteiger partial charge in [-0.15, -0.1) is 0 Å². The van der Waals surface area contributed by atoms with E-state index >= 15 is 0 Å². The van der Waals surface area contributed by atoms with Crippen LogP contribution in [0.3, 0.4) is 0 Å². The minimum atomic E-state index is 0.0752. The summed E-state index contributed by atoms with van der Waals surface area (Å²) >= 11 is 0. The van der Waals surface area contributed by atoms with Crippen LogP contribution >= 0.6 is 0 Å².